The Kier molecular flexibility index (Phi) is 7.11. The highest BCUT2D eigenvalue weighted by molar-refractivity contribution is 9.10. The molecule has 6 heteroatoms. The van der Waals surface area contributed by atoms with Gasteiger partial charge in [0.2, 0.25) is 0 Å². The van der Waals surface area contributed by atoms with Crippen molar-refractivity contribution in [1.29, 1.82) is 0 Å². The summed E-state index contributed by atoms with van der Waals surface area (Å²) < 4.78 is 12.2. The number of Topliss-reactive ketones (excluding diaryl/α,β-unsaturated/α-hetero) is 1. The number of rotatable bonds is 6. The van der Waals surface area contributed by atoms with Gasteiger partial charge in [-0.25, -0.2) is 0 Å². The number of ketones is 1. The highest BCUT2D eigenvalue weighted by Gasteiger charge is 2.39. The van der Waals surface area contributed by atoms with Crippen LogP contribution in [-0.2, 0) is 9.47 Å². The molecule has 0 amide bonds. The van der Waals surface area contributed by atoms with Crippen molar-refractivity contribution < 1.29 is 14.3 Å². The Hall–Kier alpha value is -1.57. The van der Waals surface area contributed by atoms with Crippen molar-refractivity contribution >= 4 is 21.7 Å². The average Bonchev–Trinajstić information content (AvgIpc) is 2.79. The van der Waals surface area contributed by atoms with Gasteiger partial charge in [0, 0.05) is 36.2 Å². The number of ether oxygens (including phenoxy) is 2. The van der Waals surface area contributed by atoms with Crippen molar-refractivity contribution in [3.8, 4) is 0 Å². The SMILES string of the molecule is O=C(c1ccc(Br)cc1)[C@H]([C@@H](c1ccccc1)N1CCOCC1)N1CCOCC1. The van der Waals surface area contributed by atoms with Gasteiger partial charge in [0.25, 0.3) is 0 Å². The summed E-state index contributed by atoms with van der Waals surface area (Å²) in [5, 5.41) is 0. The normalized spacial score (nSPS) is 20.9. The standard InChI is InChI=1S/C23H27BrN2O3/c24-20-8-6-19(7-9-20)23(27)22(26-12-16-29-17-13-26)21(18-4-2-1-3-5-18)25-10-14-28-15-11-25/h1-9,21-22H,10-17H2/t21-,22+/m1/s1. The highest BCUT2D eigenvalue weighted by Crippen LogP contribution is 2.31. The second-order valence-electron chi connectivity index (χ2n) is 7.47. The third kappa shape index (κ3) is 4.95. The molecule has 2 aromatic rings. The minimum Gasteiger partial charge on any atom is -0.379 e. The summed E-state index contributed by atoms with van der Waals surface area (Å²) in [4.78, 5) is 18.6. The summed E-state index contributed by atoms with van der Waals surface area (Å²) in [5.74, 6) is 0.166. The van der Waals surface area contributed by atoms with Gasteiger partial charge in [0.15, 0.2) is 5.78 Å². The molecule has 5 nitrogen and oxygen atoms in total. The lowest BCUT2D eigenvalue weighted by Gasteiger charge is -2.44. The Morgan fingerprint density at radius 1 is 0.793 bits per heavy atom. The fourth-order valence-corrected chi connectivity index (χ4v) is 4.51. The molecule has 2 saturated heterocycles. The lowest BCUT2D eigenvalue weighted by atomic mass is 9.89. The second kappa shape index (κ2) is 9.96. The summed E-state index contributed by atoms with van der Waals surface area (Å²) in [7, 11) is 0. The predicted octanol–water partition coefficient (Wildman–Crippen LogP) is 3.41. The van der Waals surface area contributed by atoms with E-state index >= 15 is 0 Å². The van der Waals surface area contributed by atoms with Gasteiger partial charge < -0.3 is 9.47 Å². The van der Waals surface area contributed by atoms with E-state index in [4.69, 9.17) is 9.47 Å². The predicted molar refractivity (Wildman–Crippen MR) is 116 cm³/mol. The topological polar surface area (TPSA) is 42.0 Å². The Bertz CT molecular complexity index is 788. The van der Waals surface area contributed by atoms with Crippen molar-refractivity contribution in [3.05, 3.63) is 70.2 Å². The number of hydrogen-bond acceptors (Lipinski definition) is 5. The zero-order valence-electron chi connectivity index (χ0n) is 16.5. The van der Waals surface area contributed by atoms with E-state index in [0.29, 0.717) is 26.4 Å². The van der Waals surface area contributed by atoms with Gasteiger partial charge in [-0.2, -0.15) is 0 Å². The average molecular weight is 459 g/mol. The molecule has 29 heavy (non-hydrogen) atoms. The summed E-state index contributed by atoms with van der Waals surface area (Å²) in [6, 6.07) is 17.9. The number of morpholine rings is 2. The van der Waals surface area contributed by atoms with Gasteiger partial charge in [-0.3, -0.25) is 14.6 Å². The number of nitrogens with zero attached hydrogens (tertiary/aromatic N) is 2. The van der Waals surface area contributed by atoms with Crippen LogP contribution < -0.4 is 0 Å². The lowest BCUT2D eigenvalue weighted by Crippen LogP contribution is -2.55. The number of carbonyl (C=O) groups excluding carboxylic acids is 1. The first-order valence-corrected chi connectivity index (χ1v) is 11.0. The Labute approximate surface area is 180 Å². The molecule has 0 spiro atoms. The monoisotopic (exact) mass is 458 g/mol. The smallest absolute Gasteiger partial charge is 0.181 e. The Morgan fingerprint density at radius 2 is 1.34 bits per heavy atom. The van der Waals surface area contributed by atoms with E-state index in [1.165, 1.54) is 5.56 Å². The quantitative estimate of drug-likeness (QED) is 0.620. The molecule has 154 valence electrons. The van der Waals surface area contributed by atoms with Crippen molar-refractivity contribution in [3.63, 3.8) is 0 Å². The van der Waals surface area contributed by atoms with E-state index in [-0.39, 0.29) is 17.9 Å². The van der Waals surface area contributed by atoms with Crippen LogP contribution in [0.25, 0.3) is 0 Å². The van der Waals surface area contributed by atoms with Crippen LogP contribution in [0.2, 0.25) is 0 Å². The Morgan fingerprint density at radius 3 is 1.93 bits per heavy atom. The number of carbonyl (C=O) groups is 1. The maximum Gasteiger partial charge on any atom is 0.181 e. The van der Waals surface area contributed by atoms with Crippen LogP contribution in [0, 0.1) is 0 Å². The molecule has 2 fully saturated rings. The maximum absolute atomic E-state index is 13.9. The van der Waals surface area contributed by atoms with Crippen LogP contribution in [0.4, 0.5) is 0 Å². The van der Waals surface area contributed by atoms with Crippen molar-refractivity contribution in [1.82, 2.24) is 9.80 Å². The third-order valence-corrected chi connectivity index (χ3v) is 6.24. The molecule has 2 atom stereocenters. The van der Waals surface area contributed by atoms with Crippen LogP contribution in [0.5, 0.6) is 0 Å². The van der Waals surface area contributed by atoms with Gasteiger partial charge in [-0.05, 0) is 17.7 Å². The third-order valence-electron chi connectivity index (χ3n) is 5.72. The minimum absolute atomic E-state index is 0.0191. The summed E-state index contributed by atoms with van der Waals surface area (Å²) >= 11 is 3.48. The fourth-order valence-electron chi connectivity index (χ4n) is 4.25. The number of halogens is 1. The van der Waals surface area contributed by atoms with E-state index in [9.17, 15) is 4.79 Å². The summed E-state index contributed by atoms with van der Waals surface area (Å²) in [5.41, 5.74) is 1.93. The van der Waals surface area contributed by atoms with E-state index in [1.54, 1.807) is 0 Å². The zero-order valence-corrected chi connectivity index (χ0v) is 18.1. The van der Waals surface area contributed by atoms with Gasteiger partial charge in [-0.1, -0.05) is 58.4 Å². The van der Waals surface area contributed by atoms with Crippen molar-refractivity contribution in [2.75, 3.05) is 52.6 Å². The molecule has 2 aliphatic rings. The van der Waals surface area contributed by atoms with Crippen LogP contribution in [-0.4, -0.2) is 74.2 Å². The van der Waals surface area contributed by atoms with Gasteiger partial charge in [0.05, 0.1) is 38.5 Å². The molecule has 0 aromatic heterocycles. The van der Waals surface area contributed by atoms with E-state index in [0.717, 1.165) is 36.2 Å². The fraction of sp³-hybridized carbons (Fsp3) is 0.435. The van der Waals surface area contributed by atoms with Gasteiger partial charge >= 0.3 is 0 Å². The first-order chi connectivity index (χ1) is 14.2. The van der Waals surface area contributed by atoms with Crippen molar-refractivity contribution in [2.45, 2.75) is 12.1 Å². The molecule has 0 N–H and O–H groups in total. The molecule has 0 aliphatic carbocycles. The van der Waals surface area contributed by atoms with Gasteiger partial charge in [0.1, 0.15) is 0 Å². The molecule has 0 unspecified atom stereocenters. The lowest BCUT2D eigenvalue weighted by molar-refractivity contribution is -0.0301. The molecule has 4 rings (SSSR count). The number of hydrogen-bond donors (Lipinski definition) is 0. The maximum atomic E-state index is 13.9. The van der Waals surface area contributed by atoms with E-state index in [2.05, 4.69) is 50.0 Å². The molecule has 0 bridgehead atoms. The van der Waals surface area contributed by atoms with E-state index in [1.807, 2.05) is 30.3 Å². The van der Waals surface area contributed by atoms with E-state index < -0.39 is 0 Å². The summed E-state index contributed by atoms with van der Waals surface area (Å²) in [6.07, 6.45) is 0. The number of benzene rings is 2. The molecule has 2 heterocycles. The van der Waals surface area contributed by atoms with Gasteiger partial charge in [-0.15, -0.1) is 0 Å². The molecule has 0 radical (unpaired) electrons. The summed E-state index contributed by atoms with van der Waals surface area (Å²) in [6.45, 7) is 5.91. The minimum atomic E-state index is -0.263. The van der Waals surface area contributed by atoms with Crippen LogP contribution in [0.1, 0.15) is 22.0 Å². The first-order valence-electron chi connectivity index (χ1n) is 10.2. The molecule has 2 aliphatic heterocycles. The highest BCUT2D eigenvalue weighted by atomic mass is 79.9. The molecular formula is C23H27BrN2O3. The Balaban J connectivity index is 1.74. The first kappa shape index (κ1) is 20.7. The van der Waals surface area contributed by atoms with Crippen LogP contribution >= 0.6 is 15.9 Å². The van der Waals surface area contributed by atoms with Crippen LogP contribution in [0.15, 0.2) is 59.1 Å². The molecule has 2 aromatic carbocycles. The molecular weight excluding hydrogens is 432 g/mol. The largest absolute Gasteiger partial charge is 0.379 e. The zero-order chi connectivity index (χ0) is 20.1. The molecule has 0 saturated carbocycles. The van der Waals surface area contributed by atoms with Crippen LogP contribution in [0.3, 0.4) is 0 Å². The van der Waals surface area contributed by atoms with Crippen molar-refractivity contribution in [2.24, 2.45) is 0 Å². The second-order valence-corrected chi connectivity index (χ2v) is 8.38.